The summed E-state index contributed by atoms with van der Waals surface area (Å²) in [4.78, 5) is 47.9. The molecular weight excluding hydrogens is 462 g/mol. The van der Waals surface area contributed by atoms with Crippen LogP contribution in [-0.2, 0) is 14.4 Å². The number of amides is 1. The second-order valence-corrected chi connectivity index (χ2v) is 8.93. The first kappa shape index (κ1) is 24.9. The van der Waals surface area contributed by atoms with Crippen LogP contribution < -0.4 is 10.1 Å². The van der Waals surface area contributed by atoms with E-state index in [0.717, 1.165) is 10.8 Å². The zero-order valence-electron chi connectivity index (χ0n) is 19.6. The maximum atomic E-state index is 13.1. The number of fused-ring (bicyclic) bond motifs is 1. The number of carboxylic acids is 2. The fraction of sp³-hybridized carbons (Fsp3) is 0.286. The summed E-state index contributed by atoms with van der Waals surface area (Å²) in [6.07, 6.45) is 0.791. The van der Waals surface area contributed by atoms with Gasteiger partial charge in [0.1, 0.15) is 11.8 Å². The minimum atomic E-state index is -1.26. The van der Waals surface area contributed by atoms with Crippen LogP contribution in [0.1, 0.15) is 48.0 Å². The molecular formula is C28H27NO7. The number of ether oxygens (including phenoxy) is 1. The Bertz CT molecular complexity index is 1290. The van der Waals surface area contributed by atoms with Crippen LogP contribution in [0.5, 0.6) is 5.75 Å². The minimum absolute atomic E-state index is 0.0770. The van der Waals surface area contributed by atoms with E-state index in [-0.39, 0.29) is 24.7 Å². The van der Waals surface area contributed by atoms with Crippen molar-refractivity contribution < 1.29 is 34.1 Å². The number of benzene rings is 3. The molecule has 0 aliphatic heterocycles. The average molecular weight is 490 g/mol. The Balaban J connectivity index is 1.45. The van der Waals surface area contributed by atoms with Gasteiger partial charge in [-0.1, -0.05) is 54.6 Å². The molecule has 4 rings (SSSR count). The van der Waals surface area contributed by atoms with Gasteiger partial charge in [-0.2, -0.15) is 0 Å². The van der Waals surface area contributed by atoms with E-state index in [4.69, 9.17) is 9.84 Å². The zero-order valence-corrected chi connectivity index (χ0v) is 19.6. The summed E-state index contributed by atoms with van der Waals surface area (Å²) in [7, 11) is 0. The molecule has 1 aliphatic rings. The van der Waals surface area contributed by atoms with E-state index in [9.17, 15) is 24.3 Å². The summed E-state index contributed by atoms with van der Waals surface area (Å²) in [6.45, 7) is 0. The number of carboxylic acid groups (broad SMARTS) is 2. The molecule has 186 valence electrons. The molecule has 0 radical (unpaired) electrons. The van der Waals surface area contributed by atoms with Crippen LogP contribution in [0.15, 0.2) is 66.7 Å². The van der Waals surface area contributed by atoms with Crippen molar-refractivity contribution in [2.24, 2.45) is 5.92 Å². The quantitative estimate of drug-likeness (QED) is 0.366. The van der Waals surface area contributed by atoms with Gasteiger partial charge in [0.15, 0.2) is 5.78 Å². The number of carbonyl (C=O) groups excluding carboxylic acids is 2. The highest BCUT2D eigenvalue weighted by molar-refractivity contribution is 6.17. The third-order valence-electron chi connectivity index (χ3n) is 6.48. The molecule has 0 spiro atoms. The number of nitrogens with one attached hydrogen (secondary N) is 1. The lowest BCUT2D eigenvalue weighted by Crippen LogP contribution is -2.43. The van der Waals surface area contributed by atoms with E-state index >= 15 is 0 Å². The lowest BCUT2D eigenvalue weighted by molar-refractivity contribution is -0.143. The first-order valence-corrected chi connectivity index (χ1v) is 11.9. The molecule has 1 aliphatic carbocycles. The molecule has 8 heteroatoms. The Morgan fingerprint density at radius 2 is 1.58 bits per heavy atom. The predicted octanol–water partition coefficient (Wildman–Crippen LogP) is 4.05. The summed E-state index contributed by atoms with van der Waals surface area (Å²) < 4.78 is 6.26. The maximum absolute atomic E-state index is 13.1. The first-order valence-electron chi connectivity index (χ1n) is 11.9. The highest BCUT2D eigenvalue weighted by Crippen LogP contribution is 2.35. The molecule has 3 aromatic rings. The third kappa shape index (κ3) is 5.71. The molecule has 1 saturated carbocycles. The van der Waals surface area contributed by atoms with E-state index in [0.29, 0.717) is 36.1 Å². The van der Waals surface area contributed by atoms with Crippen LogP contribution in [0, 0.1) is 5.92 Å². The zero-order chi connectivity index (χ0) is 25.7. The molecule has 0 bridgehead atoms. The van der Waals surface area contributed by atoms with Gasteiger partial charge in [0.25, 0.3) is 0 Å². The van der Waals surface area contributed by atoms with Crippen molar-refractivity contribution in [3.8, 4) is 5.75 Å². The molecule has 3 aromatic carbocycles. The molecule has 36 heavy (non-hydrogen) atoms. The van der Waals surface area contributed by atoms with Gasteiger partial charge in [0, 0.05) is 28.9 Å². The SMILES string of the molecule is O=C(O)CCC(NC(=O)C1CCC(Oc2ccc(C(=O)c3ccccc3)c3ccccc23)C1)C(=O)O. The summed E-state index contributed by atoms with van der Waals surface area (Å²) >= 11 is 0. The molecule has 8 nitrogen and oxygen atoms in total. The van der Waals surface area contributed by atoms with Gasteiger partial charge < -0.3 is 20.3 Å². The summed E-state index contributed by atoms with van der Waals surface area (Å²) in [5.74, 6) is -2.67. The number of hydrogen-bond acceptors (Lipinski definition) is 5. The van der Waals surface area contributed by atoms with Gasteiger partial charge in [-0.3, -0.25) is 14.4 Å². The second kappa shape index (κ2) is 11.0. The van der Waals surface area contributed by atoms with E-state index in [2.05, 4.69) is 5.32 Å². The Hall–Kier alpha value is -4.20. The molecule has 1 amide bonds. The molecule has 0 aromatic heterocycles. The monoisotopic (exact) mass is 489 g/mol. The number of rotatable bonds is 10. The van der Waals surface area contributed by atoms with E-state index in [1.165, 1.54) is 0 Å². The topological polar surface area (TPSA) is 130 Å². The van der Waals surface area contributed by atoms with Crippen LogP contribution in [0.2, 0.25) is 0 Å². The van der Waals surface area contributed by atoms with Crippen LogP contribution in [0.4, 0.5) is 0 Å². The standard InChI is InChI=1S/C28H27NO7/c30-25(31)15-13-23(28(34)35)29-27(33)18-10-11-19(16-18)36-24-14-12-22(20-8-4-5-9-21(20)24)26(32)17-6-2-1-3-7-17/h1-9,12,14,18-19,23H,10-11,13,15-16H2,(H,29,33)(H,30,31)(H,34,35). The maximum Gasteiger partial charge on any atom is 0.326 e. The van der Waals surface area contributed by atoms with Gasteiger partial charge in [-0.25, -0.2) is 4.79 Å². The van der Waals surface area contributed by atoms with Gasteiger partial charge in [-0.05, 0) is 43.2 Å². The Morgan fingerprint density at radius 1 is 0.889 bits per heavy atom. The Kier molecular flexibility index (Phi) is 7.63. The summed E-state index contributed by atoms with van der Waals surface area (Å²) in [5, 5.41) is 22.2. The fourth-order valence-electron chi connectivity index (χ4n) is 4.60. The van der Waals surface area contributed by atoms with Crippen molar-refractivity contribution in [3.05, 3.63) is 77.9 Å². The highest BCUT2D eigenvalue weighted by Gasteiger charge is 2.33. The molecule has 3 atom stereocenters. The third-order valence-corrected chi connectivity index (χ3v) is 6.48. The summed E-state index contributed by atoms with van der Waals surface area (Å²) in [5.41, 5.74) is 1.18. The van der Waals surface area contributed by atoms with Gasteiger partial charge in [0.05, 0.1) is 6.10 Å². The molecule has 3 N–H and O–H groups in total. The van der Waals surface area contributed by atoms with E-state index in [1.807, 2.05) is 42.5 Å². The minimum Gasteiger partial charge on any atom is -0.490 e. The first-order chi connectivity index (χ1) is 17.3. The van der Waals surface area contributed by atoms with Gasteiger partial charge in [-0.15, -0.1) is 0 Å². The molecule has 3 unspecified atom stereocenters. The molecule has 1 fully saturated rings. The van der Waals surface area contributed by atoms with Gasteiger partial charge >= 0.3 is 11.9 Å². The predicted molar refractivity (Wildman–Crippen MR) is 132 cm³/mol. The summed E-state index contributed by atoms with van der Waals surface area (Å²) in [6, 6.07) is 18.9. The van der Waals surface area contributed by atoms with Crippen LogP contribution in [-0.4, -0.2) is 46.0 Å². The second-order valence-electron chi connectivity index (χ2n) is 8.93. The van der Waals surface area contributed by atoms with Crippen LogP contribution in [0.3, 0.4) is 0 Å². The Morgan fingerprint density at radius 3 is 2.28 bits per heavy atom. The normalized spacial score (nSPS) is 17.9. The van der Waals surface area contributed by atoms with E-state index < -0.39 is 29.8 Å². The fourth-order valence-corrected chi connectivity index (χ4v) is 4.60. The Labute approximate surface area is 207 Å². The average Bonchev–Trinajstić information content (AvgIpc) is 3.35. The van der Waals surface area contributed by atoms with Crippen molar-refractivity contribution in [1.29, 1.82) is 0 Å². The van der Waals surface area contributed by atoms with Crippen LogP contribution in [0.25, 0.3) is 10.8 Å². The molecule has 0 heterocycles. The highest BCUT2D eigenvalue weighted by atomic mass is 16.5. The van der Waals surface area contributed by atoms with Crippen molar-refractivity contribution in [3.63, 3.8) is 0 Å². The number of aliphatic carboxylic acids is 2. The largest absolute Gasteiger partial charge is 0.490 e. The van der Waals surface area contributed by atoms with Gasteiger partial charge in [0.2, 0.25) is 5.91 Å². The lowest BCUT2D eigenvalue weighted by atomic mass is 9.96. The van der Waals surface area contributed by atoms with Crippen molar-refractivity contribution in [2.45, 2.75) is 44.2 Å². The van der Waals surface area contributed by atoms with Crippen LogP contribution >= 0.6 is 0 Å². The number of carbonyl (C=O) groups is 4. The van der Waals surface area contributed by atoms with Crippen molar-refractivity contribution in [2.75, 3.05) is 0 Å². The lowest BCUT2D eigenvalue weighted by Gasteiger charge is -2.18. The number of ketones is 1. The van der Waals surface area contributed by atoms with E-state index in [1.54, 1.807) is 24.3 Å². The number of hydrogen-bond donors (Lipinski definition) is 3. The smallest absolute Gasteiger partial charge is 0.326 e. The van der Waals surface area contributed by atoms with Crippen molar-refractivity contribution >= 4 is 34.4 Å². The molecule has 0 saturated heterocycles. The van der Waals surface area contributed by atoms with Crippen molar-refractivity contribution in [1.82, 2.24) is 5.32 Å².